The highest BCUT2D eigenvalue weighted by Gasteiger charge is 2.26. The van der Waals surface area contributed by atoms with Gasteiger partial charge in [0.1, 0.15) is 0 Å². The zero-order valence-corrected chi connectivity index (χ0v) is 15.3. The van der Waals surface area contributed by atoms with Crippen molar-refractivity contribution in [2.24, 2.45) is 0 Å². The number of aryl methyl sites for hydroxylation is 2. The molecule has 6 heteroatoms. The van der Waals surface area contributed by atoms with Gasteiger partial charge in [0.05, 0.1) is 17.9 Å². The van der Waals surface area contributed by atoms with Crippen LogP contribution in [-0.2, 0) is 12.8 Å². The quantitative estimate of drug-likeness (QED) is 0.775. The first kappa shape index (κ1) is 16.4. The van der Waals surface area contributed by atoms with Gasteiger partial charge in [-0.25, -0.2) is 4.68 Å². The van der Waals surface area contributed by atoms with Gasteiger partial charge in [0.2, 0.25) is 0 Å². The average molecular weight is 361 g/mol. The Bertz CT molecular complexity index is 1030. The van der Waals surface area contributed by atoms with E-state index in [1.165, 1.54) is 0 Å². The van der Waals surface area contributed by atoms with E-state index in [1.807, 2.05) is 18.2 Å². The van der Waals surface area contributed by atoms with Gasteiger partial charge in [0.15, 0.2) is 5.82 Å². The summed E-state index contributed by atoms with van der Waals surface area (Å²) in [6.45, 7) is 0. The average Bonchev–Trinajstić information content (AvgIpc) is 3.15. The fourth-order valence-corrected chi connectivity index (χ4v) is 4.47. The Morgan fingerprint density at radius 1 is 1.07 bits per heavy atom. The largest absolute Gasteiger partial charge is 0.365 e. The van der Waals surface area contributed by atoms with Crippen LogP contribution in [0.1, 0.15) is 49.4 Å². The van der Waals surface area contributed by atoms with Crippen molar-refractivity contribution in [3.8, 4) is 0 Å². The van der Waals surface area contributed by atoms with Crippen molar-refractivity contribution >= 4 is 16.6 Å². The van der Waals surface area contributed by atoms with Gasteiger partial charge in [0, 0.05) is 22.9 Å². The molecule has 1 fully saturated rings. The third kappa shape index (κ3) is 3.09. The number of benzene rings is 1. The maximum Gasteiger partial charge on any atom is 0.267 e. The van der Waals surface area contributed by atoms with E-state index in [0.29, 0.717) is 6.04 Å². The van der Waals surface area contributed by atoms with E-state index in [9.17, 15) is 4.79 Å². The number of anilines is 1. The summed E-state index contributed by atoms with van der Waals surface area (Å²) in [5.41, 5.74) is 2.34. The summed E-state index contributed by atoms with van der Waals surface area (Å²) in [6.07, 6.45) is 8.84. The smallest absolute Gasteiger partial charge is 0.267 e. The Labute approximate surface area is 157 Å². The standard InChI is InChI=1S/C21H23N5O/c27-20-12-14-5-3-7-19(14)25-26(20)17-10-8-16(9-11-17)23-21-18-6-2-1-4-15(18)13-22-24-21/h1-2,4,6,12-13,16-17H,3,5,7-11H2,(H,23,24). The van der Waals surface area contributed by atoms with Crippen molar-refractivity contribution < 1.29 is 0 Å². The highest BCUT2D eigenvalue weighted by atomic mass is 16.1. The first-order chi connectivity index (χ1) is 13.3. The summed E-state index contributed by atoms with van der Waals surface area (Å²) < 4.78 is 1.75. The second kappa shape index (κ2) is 6.76. The predicted octanol–water partition coefficient (Wildman–Crippen LogP) is 3.27. The van der Waals surface area contributed by atoms with Crippen molar-refractivity contribution in [2.45, 2.75) is 57.0 Å². The van der Waals surface area contributed by atoms with E-state index in [1.54, 1.807) is 10.9 Å². The lowest BCUT2D eigenvalue weighted by Crippen LogP contribution is -2.34. The third-order valence-electron chi connectivity index (χ3n) is 5.94. The molecule has 27 heavy (non-hydrogen) atoms. The van der Waals surface area contributed by atoms with Crippen molar-refractivity contribution in [1.82, 2.24) is 20.0 Å². The van der Waals surface area contributed by atoms with Crippen molar-refractivity contribution in [3.05, 3.63) is 58.1 Å². The molecule has 0 unspecified atom stereocenters. The molecule has 0 atom stereocenters. The van der Waals surface area contributed by atoms with Crippen LogP contribution in [0, 0.1) is 0 Å². The van der Waals surface area contributed by atoms with E-state index in [2.05, 4.69) is 32.7 Å². The highest BCUT2D eigenvalue weighted by Crippen LogP contribution is 2.30. The molecule has 138 valence electrons. The number of hydrogen-bond donors (Lipinski definition) is 1. The van der Waals surface area contributed by atoms with Gasteiger partial charge >= 0.3 is 0 Å². The van der Waals surface area contributed by atoms with Gasteiger partial charge in [-0.05, 0) is 50.5 Å². The normalized spacial score (nSPS) is 21.9. The fraction of sp³-hybridized carbons (Fsp3) is 0.429. The Kier molecular flexibility index (Phi) is 4.11. The molecule has 2 aromatic heterocycles. The number of aromatic nitrogens is 4. The fourth-order valence-electron chi connectivity index (χ4n) is 4.47. The molecule has 5 rings (SSSR count). The number of rotatable bonds is 3. The molecule has 2 aliphatic carbocycles. The van der Waals surface area contributed by atoms with Crippen LogP contribution < -0.4 is 10.9 Å². The molecule has 6 nitrogen and oxygen atoms in total. The van der Waals surface area contributed by atoms with Crippen LogP contribution in [0.4, 0.5) is 5.82 Å². The van der Waals surface area contributed by atoms with Crippen LogP contribution in [0.2, 0.25) is 0 Å². The Morgan fingerprint density at radius 2 is 1.93 bits per heavy atom. The summed E-state index contributed by atoms with van der Waals surface area (Å²) >= 11 is 0. The minimum Gasteiger partial charge on any atom is -0.365 e. The van der Waals surface area contributed by atoms with Crippen LogP contribution >= 0.6 is 0 Å². The Balaban J connectivity index is 1.30. The van der Waals surface area contributed by atoms with Crippen molar-refractivity contribution in [2.75, 3.05) is 5.32 Å². The number of nitrogens with zero attached hydrogens (tertiary/aromatic N) is 4. The molecule has 0 saturated heterocycles. The SMILES string of the molecule is O=c1cc2c(nn1C1CCC(Nc3nncc4ccccc34)CC1)CCC2. The summed E-state index contributed by atoms with van der Waals surface area (Å²) in [4.78, 5) is 12.5. The van der Waals surface area contributed by atoms with Gasteiger partial charge in [0.25, 0.3) is 5.56 Å². The molecule has 0 aliphatic heterocycles. The van der Waals surface area contributed by atoms with E-state index in [0.717, 1.165) is 72.8 Å². The van der Waals surface area contributed by atoms with Crippen LogP contribution in [0.3, 0.4) is 0 Å². The predicted molar refractivity (Wildman–Crippen MR) is 105 cm³/mol. The molecule has 1 saturated carbocycles. The molecule has 2 heterocycles. The van der Waals surface area contributed by atoms with Gasteiger partial charge < -0.3 is 5.32 Å². The number of nitrogens with one attached hydrogen (secondary N) is 1. The van der Waals surface area contributed by atoms with E-state index < -0.39 is 0 Å². The first-order valence-corrected chi connectivity index (χ1v) is 9.86. The maximum atomic E-state index is 12.5. The zero-order valence-electron chi connectivity index (χ0n) is 15.3. The molecule has 1 aromatic carbocycles. The van der Waals surface area contributed by atoms with Gasteiger partial charge in [-0.2, -0.15) is 10.2 Å². The molecular formula is C21H23N5O. The molecular weight excluding hydrogens is 338 g/mol. The van der Waals surface area contributed by atoms with Crippen LogP contribution in [-0.4, -0.2) is 26.0 Å². The Morgan fingerprint density at radius 3 is 2.81 bits per heavy atom. The second-order valence-corrected chi connectivity index (χ2v) is 7.68. The highest BCUT2D eigenvalue weighted by molar-refractivity contribution is 5.90. The Hall–Kier alpha value is -2.76. The lowest BCUT2D eigenvalue weighted by molar-refractivity contribution is 0.302. The number of hydrogen-bond acceptors (Lipinski definition) is 5. The molecule has 1 N–H and O–H groups in total. The summed E-state index contributed by atoms with van der Waals surface area (Å²) in [7, 11) is 0. The lowest BCUT2D eigenvalue weighted by atomic mass is 9.91. The minimum absolute atomic E-state index is 0.0620. The van der Waals surface area contributed by atoms with E-state index in [4.69, 9.17) is 0 Å². The minimum atomic E-state index is 0.0620. The van der Waals surface area contributed by atoms with Crippen LogP contribution in [0.5, 0.6) is 0 Å². The molecule has 0 radical (unpaired) electrons. The molecule has 2 aliphatic rings. The van der Waals surface area contributed by atoms with Crippen molar-refractivity contribution in [3.63, 3.8) is 0 Å². The first-order valence-electron chi connectivity index (χ1n) is 9.86. The van der Waals surface area contributed by atoms with Crippen molar-refractivity contribution in [1.29, 1.82) is 0 Å². The lowest BCUT2D eigenvalue weighted by Gasteiger charge is -2.30. The third-order valence-corrected chi connectivity index (χ3v) is 5.94. The summed E-state index contributed by atoms with van der Waals surface area (Å²) in [6, 6.07) is 10.5. The summed E-state index contributed by atoms with van der Waals surface area (Å²) in [5, 5.41) is 18.9. The van der Waals surface area contributed by atoms with Crippen LogP contribution in [0.15, 0.2) is 41.3 Å². The monoisotopic (exact) mass is 361 g/mol. The second-order valence-electron chi connectivity index (χ2n) is 7.68. The topological polar surface area (TPSA) is 72.7 Å². The molecule has 0 spiro atoms. The zero-order chi connectivity index (χ0) is 18.2. The number of fused-ring (bicyclic) bond motifs is 2. The van der Waals surface area contributed by atoms with E-state index in [-0.39, 0.29) is 11.6 Å². The summed E-state index contributed by atoms with van der Waals surface area (Å²) in [5.74, 6) is 0.851. The van der Waals surface area contributed by atoms with Gasteiger partial charge in [-0.3, -0.25) is 4.79 Å². The molecule has 3 aromatic rings. The van der Waals surface area contributed by atoms with Crippen LogP contribution in [0.25, 0.3) is 10.8 Å². The molecule has 0 bridgehead atoms. The molecule has 0 amide bonds. The van der Waals surface area contributed by atoms with E-state index >= 15 is 0 Å². The maximum absolute atomic E-state index is 12.5. The van der Waals surface area contributed by atoms with Gasteiger partial charge in [-0.15, -0.1) is 5.10 Å². The van der Waals surface area contributed by atoms with Gasteiger partial charge in [-0.1, -0.05) is 24.3 Å².